The molecule has 0 saturated carbocycles. The van der Waals surface area contributed by atoms with E-state index in [1.54, 1.807) is 17.0 Å². The Balaban J connectivity index is 1.69. The van der Waals surface area contributed by atoms with Crippen LogP contribution in [0.4, 0.5) is 9.52 Å². The molecule has 7 nitrogen and oxygen atoms in total. The summed E-state index contributed by atoms with van der Waals surface area (Å²) >= 11 is 4.54. The first kappa shape index (κ1) is 24.9. The van der Waals surface area contributed by atoms with Crippen LogP contribution in [0.5, 0.6) is 0 Å². The van der Waals surface area contributed by atoms with Crippen LogP contribution in [0.2, 0.25) is 0 Å². The third-order valence-electron chi connectivity index (χ3n) is 5.54. The number of ether oxygens (including phenoxy) is 1. The molecule has 0 unspecified atom stereocenters. The molecule has 0 saturated heterocycles. The zero-order chi connectivity index (χ0) is 25.1. The van der Waals surface area contributed by atoms with Crippen molar-refractivity contribution in [1.29, 1.82) is 0 Å². The SMILES string of the molecule is COC(=O)CN(CCc1c[nH]c2ccccc12)C(=O)c1nc(N(C)C)sc1-c1ccc(F)c(Br)c1. The summed E-state index contributed by atoms with van der Waals surface area (Å²) in [5.74, 6) is -1.31. The van der Waals surface area contributed by atoms with Gasteiger partial charge in [0.1, 0.15) is 18.1 Å². The van der Waals surface area contributed by atoms with Gasteiger partial charge in [0.25, 0.3) is 5.91 Å². The zero-order valence-corrected chi connectivity index (χ0v) is 21.9. The molecule has 0 aliphatic carbocycles. The van der Waals surface area contributed by atoms with E-state index >= 15 is 0 Å². The Morgan fingerprint density at radius 3 is 2.69 bits per heavy atom. The Hall–Kier alpha value is -3.24. The highest BCUT2D eigenvalue weighted by molar-refractivity contribution is 9.10. The number of carbonyl (C=O) groups is 2. The molecule has 35 heavy (non-hydrogen) atoms. The molecule has 0 atom stereocenters. The molecule has 0 radical (unpaired) electrons. The van der Waals surface area contributed by atoms with Crippen molar-refractivity contribution in [3.8, 4) is 10.4 Å². The fourth-order valence-corrected chi connectivity index (χ4v) is 5.05. The predicted molar refractivity (Wildman–Crippen MR) is 139 cm³/mol. The van der Waals surface area contributed by atoms with Crippen molar-refractivity contribution in [3.05, 3.63) is 70.2 Å². The molecule has 0 bridgehead atoms. The summed E-state index contributed by atoms with van der Waals surface area (Å²) in [6.07, 6.45) is 2.45. The van der Waals surface area contributed by atoms with Gasteiger partial charge in [0.2, 0.25) is 0 Å². The van der Waals surface area contributed by atoms with Crippen LogP contribution in [0, 0.1) is 5.82 Å². The number of hydrogen-bond acceptors (Lipinski definition) is 6. The van der Waals surface area contributed by atoms with Crippen molar-refractivity contribution in [2.75, 3.05) is 39.2 Å². The van der Waals surface area contributed by atoms with E-state index in [-0.39, 0.29) is 18.8 Å². The summed E-state index contributed by atoms with van der Waals surface area (Å²) in [6.45, 7) is 0.0796. The van der Waals surface area contributed by atoms with Crippen molar-refractivity contribution in [1.82, 2.24) is 14.9 Å². The molecule has 0 spiro atoms. The molecule has 4 aromatic rings. The van der Waals surface area contributed by atoms with Crippen molar-refractivity contribution in [2.24, 2.45) is 0 Å². The minimum Gasteiger partial charge on any atom is -0.468 e. The van der Waals surface area contributed by atoms with Crippen LogP contribution in [0.15, 0.2) is 53.1 Å². The largest absolute Gasteiger partial charge is 0.468 e. The number of benzene rings is 2. The van der Waals surface area contributed by atoms with E-state index in [0.29, 0.717) is 26.5 Å². The Kier molecular flexibility index (Phi) is 7.51. The molecule has 182 valence electrons. The van der Waals surface area contributed by atoms with E-state index in [1.807, 2.05) is 44.6 Å². The summed E-state index contributed by atoms with van der Waals surface area (Å²) in [5, 5.41) is 1.69. The second-order valence-corrected chi connectivity index (χ2v) is 9.94. The van der Waals surface area contributed by atoms with Gasteiger partial charge in [0.15, 0.2) is 5.13 Å². The number of hydrogen-bond donors (Lipinski definition) is 1. The first-order valence-corrected chi connectivity index (χ1v) is 12.4. The van der Waals surface area contributed by atoms with Gasteiger partial charge in [-0.2, -0.15) is 0 Å². The molecule has 0 fully saturated rings. The number of halogens is 2. The predicted octanol–water partition coefficient (Wildman–Crippen LogP) is 5.12. The number of para-hydroxylation sites is 1. The van der Waals surface area contributed by atoms with Gasteiger partial charge >= 0.3 is 5.97 Å². The van der Waals surface area contributed by atoms with E-state index in [9.17, 15) is 14.0 Å². The van der Waals surface area contributed by atoms with Gasteiger partial charge in [0.05, 0.1) is 16.5 Å². The van der Waals surface area contributed by atoms with Crippen molar-refractivity contribution in [3.63, 3.8) is 0 Å². The summed E-state index contributed by atoms with van der Waals surface area (Å²) < 4.78 is 19.0. The molecule has 4 rings (SSSR count). The molecule has 2 aromatic heterocycles. The second-order valence-electron chi connectivity index (χ2n) is 8.11. The molecule has 10 heteroatoms. The van der Waals surface area contributed by atoms with Crippen LogP contribution in [0.25, 0.3) is 21.3 Å². The minimum atomic E-state index is -0.522. The van der Waals surface area contributed by atoms with Crippen LogP contribution >= 0.6 is 27.3 Å². The third-order valence-corrected chi connectivity index (χ3v) is 7.42. The molecule has 1 N–H and O–H groups in total. The first-order valence-electron chi connectivity index (χ1n) is 10.8. The molecular formula is C25H24BrFN4O3S. The molecule has 0 aliphatic heterocycles. The standard InChI is InChI=1S/C25H24BrFN4O3S/c1-30(2)25-29-22(23(35-25)15-8-9-19(27)18(26)12-15)24(33)31(14-21(32)34-3)11-10-16-13-28-20-7-5-4-6-17(16)20/h4-9,12-13,28H,10-11,14H2,1-3H3. The lowest BCUT2D eigenvalue weighted by molar-refractivity contribution is -0.141. The molecule has 0 aliphatic rings. The van der Waals surface area contributed by atoms with Gasteiger partial charge in [-0.15, -0.1) is 0 Å². The fourth-order valence-electron chi connectivity index (χ4n) is 3.69. The number of methoxy groups -OCH3 is 1. The van der Waals surface area contributed by atoms with Gasteiger partial charge in [-0.25, -0.2) is 9.37 Å². The van der Waals surface area contributed by atoms with Crippen LogP contribution < -0.4 is 4.90 Å². The number of aromatic nitrogens is 2. The number of amides is 1. The lowest BCUT2D eigenvalue weighted by Gasteiger charge is -2.21. The summed E-state index contributed by atoms with van der Waals surface area (Å²) in [5.41, 5.74) is 2.91. The van der Waals surface area contributed by atoms with E-state index in [4.69, 9.17) is 4.74 Å². The van der Waals surface area contributed by atoms with Gasteiger partial charge in [-0.1, -0.05) is 35.6 Å². The number of H-pyrrole nitrogens is 1. The van der Waals surface area contributed by atoms with Gasteiger partial charge in [-0.3, -0.25) is 9.59 Å². The smallest absolute Gasteiger partial charge is 0.325 e. The number of esters is 1. The van der Waals surface area contributed by atoms with Crippen LogP contribution in [-0.2, 0) is 16.0 Å². The quantitative estimate of drug-likeness (QED) is 0.304. The maximum absolute atomic E-state index is 13.9. The number of anilines is 1. The van der Waals surface area contributed by atoms with Gasteiger partial charge in [0, 0.05) is 37.7 Å². The molecular weight excluding hydrogens is 535 g/mol. The normalized spacial score (nSPS) is 11.0. The number of carbonyl (C=O) groups excluding carboxylic acids is 2. The average molecular weight is 559 g/mol. The van der Waals surface area contributed by atoms with Gasteiger partial charge in [-0.05, 0) is 51.7 Å². The van der Waals surface area contributed by atoms with Crippen LogP contribution in [-0.4, -0.2) is 61.0 Å². The monoisotopic (exact) mass is 558 g/mol. The number of thiazole rings is 1. The Morgan fingerprint density at radius 1 is 1.20 bits per heavy atom. The number of aromatic amines is 1. The fraction of sp³-hybridized carbons (Fsp3) is 0.240. The lowest BCUT2D eigenvalue weighted by Crippen LogP contribution is -2.38. The highest BCUT2D eigenvalue weighted by Gasteiger charge is 2.27. The van der Waals surface area contributed by atoms with E-state index < -0.39 is 17.7 Å². The number of fused-ring (bicyclic) bond motifs is 1. The second kappa shape index (κ2) is 10.6. The van der Waals surface area contributed by atoms with E-state index in [2.05, 4.69) is 25.9 Å². The number of nitrogens with zero attached hydrogens (tertiary/aromatic N) is 3. The minimum absolute atomic E-state index is 0.208. The van der Waals surface area contributed by atoms with Gasteiger partial charge < -0.3 is 19.5 Å². The highest BCUT2D eigenvalue weighted by Crippen LogP contribution is 2.36. The zero-order valence-electron chi connectivity index (χ0n) is 19.5. The number of rotatable bonds is 8. The lowest BCUT2D eigenvalue weighted by atomic mass is 10.1. The van der Waals surface area contributed by atoms with Crippen molar-refractivity contribution in [2.45, 2.75) is 6.42 Å². The summed E-state index contributed by atoms with van der Waals surface area (Å²) in [4.78, 5) is 37.6. The maximum atomic E-state index is 13.9. The van der Waals surface area contributed by atoms with Crippen molar-refractivity contribution < 1.29 is 18.7 Å². The molecule has 1 amide bonds. The van der Waals surface area contributed by atoms with E-state index in [0.717, 1.165) is 16.5 Å². The van der Waals surface area contributed by atoms with Crippen LogP contribution in [0.3, 0.4) is 0 Å². The third kappa shape index (κ3) is 5.38. The Morgan fingerprint density at radius 2 is 1.97 bits per heavy atom. The number of nitrogens with one attached hydrogen (secondary N) is 1. The summed E-state index contributed by atoms with van der Waals surface area (Å²) in [6, 6.07) is 12.5. The van der Waals surface area contributed by atoms with Crippen LogP contribution in [0.1, 0.15) is 16.1 Å². The maximum Gasteiger partial charge on any atom is 0.325 e. The Bertz CT molecular complexity index is 1380. The average Bonchev–Trinajstić information content (AvgIpc) is 3.48. The Labute approximate surface area is 214 Å². The molecule has 2 heterocycles. The van der Waals surface area contributed by atoms with Crippen molar-refractivity contribution >= 4 is 55.2 Å². The van der Waals surface area contributed by atoms with E-state index in [1.165, 1.54) is 29.4 Å². The topological polar surface area (TPSA) is 78.5 Å². The molecule has 2 aromatic carbocycles. The highest BCUT2D eigenvalue weighted by atomic mass is 79.9. The summed E-state index contributed by atoms with van der Waals surface area (Å²) in [7, 11) is 4.96. The first-order chi connectivity index (χ1) is 16.8.